The lowest BCUT2D eigenvalue weighted by Crippen LogP contribution is -2.41. The smallest absolute Gasteiger partial charge is 0.324 e. The van der Waals surface area contributed by atoms with Crippen LogP contribution in [0, 0.1) is 13.8 Å². The van der Waals surface area contributed by atoms with Gasteiger partial charge in [-0.15, -0.1) is 0 Å². The van der Waals surface area contributed by atoms with Crippen LogP contribution in [-0.2, 0) is 9.59 Å². The van der Waals surface area contributed by atoms with E-state index in [0.717, 1.165) is 16.0 Å². The van der Waals surface area contributed by atoms with Gasteiger partial charge in [-0.1, -0.05) is 17.7 Å². The van der Waals surface area contributed by atoms with Crippen LogP contribution in [0.15, 0.2) is 18.2 Å². The lowest BCUT2D eigenvalue weighted by atomic mass is 10.1. The summed E-state index contributed by atoms with van der Waals surface area (Å²) in [6.45, 7) is 6.78. The van der Waals surface area contributed by atoms with Gasteiger partial charge in [-0.05, 0) is 39.3 Å². The van der Waals surface area contributed by atoms with E-state index in [-0.39, 0.29) is 6.54 Å². The minimum Gasteiger partial charge on any atom is -0.324 e. The summed E-state index contributed by atoms with van der Waals surface area (Å²) >= 11 is 0. The molecule has 112 valence electrons. The van der Waals surface area contributed by atoms with Crippen LogP contribution in [0.5, 0.6) is 0 Å². The lowest BCUT2D eigenvalue weighted by molar-refractivity contribution is -0.132. The molecule has 0 radical (unpaired) electrons. The lowest BCUT2D eigenvalue weighted by Gasteiger charge is -2.16. The molecule has 1 fully saturated rings. The van der Waals surface area contributed by atoms with Crippen molar-refractivity contribution in [3.05, 3.63) is 29.3 Å². The van der Waals surface area contributed by atoms with Crippen LogP contribution in [0.2, 0.25) is 0 Å². The Morgan fingerprint density at radius 1 is 1.29 bits per heavy atom. The summed E-state index contributed by atoms with van der Waals surface area (Å²) in [6, 6.07) is 5.10. The fourth-order valence-electron chi connectivity index (χ4n) is 2.25. The van der Waals surface area contributed by atoms with Crippen molar-refractivity contribution >= 4 is 23.5 Å². The summed E-state index contributed by atoms with van der Waals surface area (Å²) in [6.07, 6.45) is 0. The Balaban J connectivity index is 2.06. The van der Waals surface area contributed by atoms with Crippen LogP contribution in [0.1, 0.15) is 25.0 Å². The van der Waals surface area contributed by atoms with Crippen LogP contribution in [0.25, 0.3) is 0 Å². The second-order valence-corrected chi connectivity index (χ2v) is 5.81. The monoisotopic (exact) mass is 289 g/mol. The molecule has 1 aromatic carbocycles. The molecule has 2 rings (SSSR count). The molecule has 1 aromatic rings. The number of carbonyl (C=O) groups excluding carboxylic acids is 3. The van der Waals surface area contributed by atoms with Crippen LogP contribution in [0.4, 0.5) is 10.5 Å². The number of benzene rings is 1. The second kappa shape index (κ2) is 5.20. The number of urea groups is 1. The molecule has 0 saturated carbocycles. The molecule has 4 amide bonds. The third-order valence-electron chi connectivity index (χ3n) is 3.40. The number of nitrogens with one attached hydrogen (secondary N) is 2. The van der Waals surface area contributed by atoms with E-state index in [4.69, 9.17) is 0 Å². The minimum atomic E-state index is -0.961. The van der Waals surface area contributed by atoms with Crippen molar-refractivity contribution in [3.8, 4) is 0 Å². The Morgan fingerprint density at radius 2 is 1.95 bits per heavy atom. The molecule has 0 bridgehead atoms. The molecule has 6 heteroatoms. The van der Waals surface area contributed by atoms with E-state index in [1.165, 1.54) is 0 Å². The molecule has 21 heavy (non-hydrogen) atoms. The van der Waals surface area contributed by atoms with Gasteiger partial charge < -0.3 is 10.6 Å². The van der Waals surface area contributed by atoms with E-state index in [1.54, 1.807) is 19.9 Å². The van der Waals surface area contributed by atoms with Crippen molar-refractivity contribution in [2.45, 2.75) is 33.2 Å². The number of nitrogens with zero attached hydrogens (tertiary/aromatic N) is 1. The molecule has 0 unspecified atom stereocenters. The highest BCUT2D eigenvalue weighted by atomic mass is 16.2. The summed E-state index contributed by atoms with van der Waals surface area (Å²) in [7, 11) is 0. The van der Waals surface area contributed by atoms with Crippen LogP contribution in [0.3, 0.4) is 0 Å². The average molecular weight is 289 g/mol. The van der Waals surface area contributed by atoms with E-state index < -0.39 is 23.4 Å². The predicted octanol–water partition coefficient (Wildman–Crippen LogP) is 1.57. The summed E-state index contributed by atoms with van der Waals surface area (Å²) in [5.74, 6) is -0.800. The summed E-state index contributed by atoms with van der Waals surface area (Å²) in [5.41, 5.74) is 1.75. The van der Waals surface area contributed by atoms with E-state index >= 15 is 0 Å². The third kappa shape index (κ3) is 3.04. The number of rotatable bonds is 3. The molecule has 6 nitrogen and oxygen atoms in total. The zero-order valence-corrected chi connectivity index (χ0v) is 12.6. The van der Waals surface area contributed by atoms with Gasteiger partial charge in [0, 0.05) is 5.69 Å². The number of hydrogen-bond donors (Lipinski definition) is 2. The summed E-state index contributed by atoms with van der Waals surface area (Å²) < 4.78 is 0. The summed E-state index contributed by atoms with van der Waals surface area (Å²) in [5, 5.41) is 5.26. The van der Waals surface area contributed by atoms with Crippen LogP contribution < -0.4 is 10.6 Å². The highest BCUT2D eigenvalue weighted by Gasteiger charge is 2.44. The van der Waals surface area contributed by atoms with Crippen molar-refractivity contribution in [2.75, 3.05) is 11.9 Å². The molecule has 2 N–H and O–H groups in total. The van der Waals surface area contributed by atoms with Gasteiger partial charge in [-0.3, -0.25) is 14.5 Å². The van der Waals surface area contributed by atoms with Crippen molar-refractivity contribution < 1.29 is 14.4 Å². The molecular weight excluding hydrogens is 270 g/mol. The molecule has 1 heterocycles. The van der Waals surface area contributed by atoms with Crippen molar-refractivity contribution in [1.29, 1.82) is 0 Å². The van der Waals surface area contributed by atoms with Gasteiger partial charge >= 0.3 is 6.03 Å². The Hall–Kier alpha value is -2.37. The zero-order valence-electron chi connectivity index (χ0n) is 12.6. The molecule has 1 aliphatic rings. The first kappa shape index (κ1) is 15.0. The maximum Gasteiger partial charge on any atom is 0.325 e. The highest BCUT2D eigenvalue weighted by Crippen LogP contribution is 2.18. The first-order chi connectivity index (χ1) is 9.70. The Bertz CT molecular complexity index is 623. The van der Waals surface area contributed by atoms with Gasteiger partial charge in [0.05, 0.1) is 0 Å². The first-order valence-corrected chi connectivity index (χ1v) is 6.72. The van der Waals surface area contributed by atoms with E-state index in [9.17, 15) is 14.4 Å². The Kier molecular flexibility index (Phi) is 3.72. The normalized spacial score (nSPS) is 16.9. The van der Waals surface area contributed by atoms with Gasteiger partial charge in [0.25, 0.3) is 5.91 Å². The standard InChI is InChI=1S/C15H19N3O3/c1-9-5-6-11(10(2)7-9)16-12(19)8-18-13(20)15(3,4)17-14(18)21/h5-7H,8H2,1-4H3,(H,16,19)(H,17,21). The highest BCUT2D eigenvalue weighted by molar-refractivity contribution is 6.09. The number of carbonyl (C=O) groups is 3. The molecule has 1 aliphatic heterocycles. The quantitative estimate of drug-likeness (QED) is 0.829. The van der Waals surface area contributed by atoms with E-state index in [0.29, 0.717) is 5.69 Å². The van der Waals surface area contributed by atoms with E-state index in [2.05, 4.69) is 10.6 Å². The SMILES string of the molecule is Cc1ccc(NC(=O)CN2C(=O)NC(C)(C)C2=O)c(C)c1. The number of hydrogen-bond acceptors (Lipinski definition) is 3. The van der Waals surface area contributed by atoms with Crippen LogP contribution >= 0.6 is 0 Å². The Labute approximate surface area is 123 Å². The minimum absolute atomic E-state index is 0.290. The maximum absolute atomic E-state index is 12.0. The fraction of sp³-hybridized carbons (Fsp3) is 0.400. The molecular formula is C15H19N3O3. The van der Waals surface area contributed by atoms with Gasteiger partial charge in [-0.25, -0.2) is 4.79 Å². The molecule has 1 saturated heterocycles. The molecule has 0 aromatic heterocycles. The molecule has 0 aliphatic carbocycles. The Morgan fingerprint density at radius 3 is 2.48 bits per heavy atom. The fourth-order valence-corrected chi connectivity index (χ4v) is 2.25. The van der Waals surface area contributed by atoms with Gasteiger partial charge in [0.15, 0.2) is 0 Å². The van der Waals surface area contributed by atoms with Crippen molar-refractivity contribution in [3.63, 3.8) is 0 Å². The van der Waals surface area contributed by atoms with Gasteiger partial charge in [0.2, 0.25) is 5.91 Å². The third-order valence-corrected chi connectivity index (χ3v) is 3.40. The summed E-state index contributed by atoms with van der Waals surface area (Å²) in [4.78, 5) is 36.7. The predicted molar refractivity (Wildman–Crippen MR) is 78.9 cm³/mol. The topological polar surface area (TPSA) is 78.5 Å². The largest absolute Gasteiger partial charge is 0.325 e. The maximum atomic E-state index is 12.0. The van der Waals surface area contributed by atoms with Crippen LogP contribution in [-0.4, -0.2) is 34.8 Å². The molecule has 0 atom stereocenters. The number of amides is 4. The number of imide groups is 1. The number of anilines is 1. The van der Waals surface area contributed by atoms with Crippen molar-refractivity contribution in [1.82, 2.24) is 10.2 Å². The van der Waals surface area contributed by atoms with Gasteiger partial charge in [0.1, 0.15) is 12.1 Å². The van der Waals surface area contributed by atoms with Crippen molar-refractivity contribution in [2.24, 2.45) is 0 Å². The number of aryl methyl sites for hydroxylation is 2. The average Bonchev–Trinajstić information content (AvgIpc) is 2.55. The first-order valence-electron chi connectivity index (χ1n) is 6.72. The molecule has 0 spiro atoms. The zero-order chi connectivity index (χ0) is 15.8. The van der Waals surface area contributed by atoms with Gasteiger partial charge in [-0.2, -0.15) is 0 Å². The van der Waals surface area contributed by atoms with E-state index in [1.807, 2.05) is 26.0 Å². The second-order valence-electron chi connectivity index (χ2n) is 5.81.